The van der Waals surface area contributed by atoms with Crippen molar-refractivity contribution in [2.45, 2.75) is 58.5 Å². The van der Waals surface area contributed by atoms with Gasteiger partial charge in [-0.2, -0.15) is 0 Å². The normalized spacial score (nSPS) is 23.1. The van der Waals surface area contributed by atoms with Gasteiger partial charge < -0.3 is 19.7 Å². The topological polar surface area (TPSA) is 50.8 Å². The molecule has 2 saturated carbocycles. The third-order valence-corrected chi connectivity index (χ3v) is 10.1. The number of benzene rings is 3. The number of carbonyl (C=O) groups is 1. The zero-order valence-electron chi connectivity index (χ0n) is 24.7. The van der Waals surface area contributed by atoms with Crippen LogP contribution in [0.2, 0.25) is 10.0 Å². The maximum Gasteiger partial charge on any atom is 0.227 e. The summed E-state index contributed by atoms with van der Waals surface area (Å²) in [7, 11) is 0. The van der Waals surface area contributed by atoms with E-state index >= 15 is 0 Å². The van der Waals surface area contributed by atoms with E-state index in [2.05, 4.69) is 54.4 Å². The average Bonchev–Trinajstić information content (AvgIpc) is 3.59. The van der Waals surface area contributed by atoms with Gasteiger partial charge in [-0.1, -0.05) is 53.5 Å². The molecule has 1 aliphatic heterocycles. The standard InChI is InChI=1S/C35H40Cl2N2O3/c1-21-15-31(36)34(32(37)16-21)42-14-13-41-28-11-7-24(8-12-28)29-17-26-18-38-19-30(26)33(29)35(40)39(27-9-10-27)20-25-6-4-5-22(2)23(25)3/h4-8,11-12,15-16,26-27,29-30,33,38H,9-10,13-14,17-20H2,1-3H3/t26-,29?,30?,33?/m1/s1. The monoisotopic (exact) mass is 606 g/mol. The van der Waals surface area contributed by atoms with Gasteiger partial charge in [-0.25, -0.2) is 0 Å². The lowest BCUT2D eigenvalue weighted by Gasteiger charge is -2.32. The lowest BCUT2D eigenvalue weighted by molar-refractivity contribution is -0.138. The fraction of sp³-hybridized carbons (Fsp3) is 0.457. The first-order valence-electron chi connectivity index (χ1n) is 15.2. The molecule has 3 aliphatic rings. The predicted octanol–water partition coefficient (Wildman–Crippen LogP) is 7.51. The van der Waals surface area contributed by atoms with Crippen LogP contribution in [0.5, 0.6) is 11.5 Å². The minimum atomic E-state index is -0.000102. The van der Waals surface area contributed by atoms with Crippen LogP contribution >= 0.6 is 23.2 Å². The molecule has 0 spiro atoms. The van der Waals surface area contributed by atoms with E-state index in [0.29, 0.717) is 59.3 Å². The number of ether oxygens (including phenoxy) is 2. The highest BCUT2D eigenvalue weighted by Gasteiger charge is 2.51. The van der Waals surface area contributed by atoms with Crippen LogP contribution in [0.25, 0.3) is 0 Å². The Hall–Kier alpha value is -2.73. The largest absolute Gasteiger partial charge is 0.490 e. The number of aryl methyl sites for hydroxylation is 2. The van der Waals surface area contributed by atoms with Gasteiger partial charge in [0.1, 0.15) is 19.0 Å². The summed E-state index contributed by atoms with van der Waals surface area (Å²) in [4.78, 5) is 16.6. The Morgan fingerprint density at radius 3 is 2.38 bits per heavy atom. The number of hydrogen-bond donors (Lipinski definition) is 1. The van der Waals surface area contributed by atoms with Crippen LogP contribution in [0.3, 0.4) is 0 Å². The molecule has 222 valence electrons. The van der Waals surface area contributed by atoms with Crippen molar-refractivity contribution in [3.63, 3.8) is 0 Å². The second kappa shape index (κ2) is 12.5. The molecule has 0 radical (unpaired) electrons. The van der Waals surface area contributed by atoms with Crippen molar-refractivity contribution in [3.8, 4) is 11.5 Å². The van der Waals surface area contributed by atoms with Crippen molar-refractivity contribution in [1.29, 1.82) is 0 Å². The molecule has 1 amide bonds. The number of halogens is 2. The molecule has 1 saturated heterocycles. The van der Waals surface area contributed by atoms with Gasteiger partial charge in [-0.3, -0.25) is 4.79 Å². The SMILES string of the molecule is Cc1cc(Cl)c(OCCOc2ccc(C3C[C@@H]4CNCC4C3C(=O)N(Cc3cccc(C)c3C)C3CC3)cc2)c(Cl)c1. The molecule has 4 atom stereocenters. The smallest absolute Gasteiger partial charge is 0.227 e. The Morgan fingerprint density at radius 1 is 0.952 bits per heavy atom. The molecule has 2 aliphatic carbocycles. The van der Waals surface area contributed by atoms with E-state index in [-0.39, 0.29) is 11.8 Å². The van der Waals surface area contributed by atoms with Crippen LogP contribution in [0.4, 0.5) is 0 Å². The maximum absolute atomic E-state index is 14.4. The quantitative estimate of drug-likeness (QED) is 0.243. The number of nitrogens with zero attached hydrogens (tertiary/aromatic N) is 1. The third kappa shape index (κ3) is 6.15. The van der Waals surface area contributed by atoms with Gasteiger partial charge in [0.15, 0.2) is 5.75 Å². The Kier molecular flexibility index (Phi) is 8.72. The van der Waals surface area contributed by atoms with Crippen molar-refractivity contribution in [2.24, 2.45) is 17.8 Å². The number of fused-ring (bicyclic) bond motifs is 1. The molecule has 3 unspecified atom stereocenters. The Labute approximate surface area is 259 Å². The van der Waals surface area contributed by atoms with Gasteiger partial charge >= 0.3 is 0 Å². The summed E-state index contributed by atoms with van der Waals surface area (Å²) in [5, 5.41) is 4.57. The second-order valence-electron chi connectivity index (χ2n) is 12.3. The van der Waals surface area contributed by atoms with E-state index in [1.54, 1.807) is 0 Å². The number of hydrogen-bond acceptors (Lipinski definition) is 4. The highest BCUT2D eigenvalue weighted by Crippen LogP contribution is 2.50. The summed E-state index contributed by atoms with van der Waals surface area (Å²) in [5.74, 6) is 2.75. The average molecular weight is 608 g/mol. The zero-order valence-corrected chi connectivity index (χ0v) is 26.2. The molecule has 42 heavy (non-hydrogen) atoms. The summed E-state index contributed by atoms with van der Waals surface area (Å²) >= 11 is 12.6. The van der Waals surface area contributed by atoms with Crippen molar-refractivity contribution in [1.82, 2.24) is 10.2 Å². The van der Waals surface area contributed by atoms with Crippen LogP contribution in [-0.2, 0) is 11.3 Å². The van der Waals surface area contributed by atoms with Crippen molar-refractivity contribution < 1.29 is 14.3 Å². The van der Waals surface area contributed by atoms with Crippen LogP contribution in [-0.4, -0.2) is 43.2 Å². The van der Waals surface area contributed by atoms with E-state index in [1.165, 1.54) is 22.3 Å². The minimum Gasteiger partial charge on any atom is -0.490 e. The molecule has 3 fully saturated rings. The molecule has 1 heterocycles. The van der Waals surface area contributed by atoms with Crippen LogP contribution < -0.4 is 14.8 Å². The molecule has 6 rings (SSSR count). The molecule has 3 aromatic carbocycles. The molecular formula is C35H40Cl2N2O3. The Balaban J connectivity index is 1.13. The summed E-state index contributed by atoms with van der Waals surface area (Å²) < 4.78 is 11.8. The van der Waals surface area contributed by atoms with Crippen LogP contribution in [0, 0.1) is 38.5 Å². The van der Waals surface area contributed by atoms with Crippen LogP contribution in [0.15, 0.2) is 54.6 Å². The van der Waals surface area contributed by atoms with Crippen molar-refractivity contribution in [2.75, 3.05) is 26.3 Å². The van der Waals surface area contributed by atoms with Gasteiger partial charge in [0, 0.05) is 18.5 Å². The maximum atomic E-state index is 14.4. The second-order valence-corrected chi connectivity index (χ2v) is 13.1. The van der Waals surface area contributed by atoms with Gasteiger partial charge in [0.2, 0.25) is 5.91 Å². The number of nitrogens with one attached hydrogen (secondary N) is 1. The highest BCUT2D eigenvalue weighted by molar-refractivity contribution is 6.37. The zero-order chi connectivity index (χ0) is 29.4. The lowest BCUT2D eigenvalue weighted by atomic mass is 9.83. The Morgan fingerprint density at radius 2 is 1.67 bits per heavy atom. The van der Waals surface area contributed by atoms with E-state index in [9.17, 15) is 4.79 Å². The summed E-state index contributed by atoms with van der Waals surface area (Å²) in [5.41, 5.74) is 6.06. The van der Waals surface area contributed by atoms with Crippen molar-refractivity contribution >= 4 is 29.1 Å². The minimum absolute atomic E-state index is 0.000102. The highest BCUT2D eigenvalue weighted by atomic mass is 35.5. The molecular weight excluding hydrogens is 567 g/mol. The molecule has 7 heteroatoms. The van der Waals surface area contributed by atoms with Gasteiger partial charge in [0.05, 0.1) is 10.0 Å². The molecule has 3 aromatic rings. The van der Waals surface area contributed by atoms with Gasteiger partial charge in [0.25, 0.3) is 0 Å². The summed E-state index contributed by atoms with van der Waals surface area (Å²) in [6, 6.07) is 18.8. The molecule has 0 aromatic heterocycles. The van der Waals surface area contributed by atoms with Crippen LogP contribution in [0.1, 0.15) is 53.0 Å². The molecule has 1 N–H and O–H groups in total. The fourth-order valence-corrected chi connectivity index (χ4v) is 7.68. The van der Waals surface area contributed by atoms with E-state index in [1.807, 2.05) is 31.2 Å². The fourth-order valence-electron chi connectivity index (χ4n) is 6.97. The Bertz CT molecular complexity index is 1420. The first kappa shape index (κ1) is 29.3. The number of rotatable bonds is 10. The number of carbonyl (C=O) groups excluding carboxylic acids is 1. The first-order valence-corrected chi connectivity index (χ1v) is 15.9. The van der Waals surface area contributed by atoms with Gasteiger partial charge in [-0.15, -0.1) is 0 Å². The lowest BCUT2D eigenvalue weighted by Crippen LogP contribution is -2.41. The number of amides is 1. The van der Waals surface area contributed by atoms with Gasteiger partial charge in [-0.05, 0) is 123 Å². The van der Waals surface area contributed by atoms with E-state index in [0.717, 1.165) is 43.7 Å². The molecule has 5 nitrogen and oxygen atoms in total. The summed E-state index contributed by atoms with van der Waals surface area (Å²) in [6.07, 6.45) is 3.26. The summed E-state index contributed by atoms with van der Waals surface area (Å²) in [6.45, 7) is 9.61. The van der Waals surface area contributed by atoms with E-state index in [4.69, 9.17) is 32.7 Å². The third-order valence-electron chi connectivity index (χ3n) is 9.51. The first-order chi connectivity index (χ1) is 20.3. The van der Waals surface area contributed by atoms with Crippen molar-refractivity contribution in [3.05, 3.63) is 92.5 Å². The van der Waals surface area contributed by atoms with E-state index < -0.39 is 0 Å². The predicted molar refractivity (Wildman–Crippen MR) is 169 cm³/mol. The molecule has 0 bridgehead atoms.